The van der Waals surface area contributed by atoms with E-state index < -0.39 is 0 Å². The van der Waals surface area contributed by atoms with Crippen LogP contribution in [0.25, 0.3) is 27.9 Å². The van der Waals surface area contributed by atoms with Crippen molar-refractivity contribution in [3.05, 3.63) is 83.8 Å². The van der Waals surface area contributed by atoms with Crippen molar-refractivity contribution in [3.8, 4) is 11.4 Å². The zero-order valence-electron chi connectivity index (χ0n) is 22.2. The summed E-state index contributed by atoms with van der Waals surface area (Å²) < 4.78 is 4.21. The van der Waals surface area contributed by atoms with Gasteiger partial charge < -0.3 is 24.5 Å². The number of pyridine rings is 1. The van der Waals surface area contributed by atoms with Crippen LogP contribution in [0.3, 0.4) is 0 Å². The summed E-state index contributed by atoms with van der Waals surface area (Å²) >= 11 is 0. The van der Waals surface area contributed by atoms with Gasteiger partial charge in [-0.1, -0.05) is 18.2 Å². The van der Waals surface area contributed by atoms with Crippen LogP contribution in [-0.4, -0.2) is 69.2 Å². The van der Waals surface area contributed by atoms with Crippen LogP contribution in [0.2, 0.25) is 0 Å². The number of para-hydroxylation sites is 1. The van der Waals surface area contributed by atoms with E-state index in [-0.39, 0.29) is 11.9 Å². The molecule has 0 saturated carbocycles. The fourth-order valence-corrected chi connectivity index (χ4v) is 5.17. The highest BCUT2D eigenvalue weighted by molar-refractivity contribution is 5.95. The van der Waals surface area contributed by atoms with Crippen LogP contribution in [0.1, 0.15) is 28.9 Å². The van der Waals surface area contributed by atoms with E-state index in [4.69, 9.17) is 10.7 Å². The number of aldehydes is 1. The van der Waals surface area contributed by atoms with Gasteiger partial charge in [-0.15, -0.1) is 0 Å². The molecule has 4 aromatic rings. The van der Waals surface area contributed by atoms with E-state index in [1.165, 1.54) is 0 Å². The maximum atomic E-state index is 13.2. The van der Waals surface area contributed by atoms with E-state index in [0.717, 1.165) is 64.9 Å². The average Bonchev–Trinajstić information content (AvgIpc) is 3.43. The van der Waals surface area contributed by atoms with Gasteiger partial charge in [0.1, 0.15) is 17.6 Å². The highest BCUT2D eigenvalue weighted by Gasteiger charge is 2.24. The Bertz CT molecular complexity index is 1560. The number of nitrogens with zero attached hydrogens (tertiary/aromatic N) is 5. The number of carbonyl (C=O) groups excluding carboxylic acids is 2. The number of carbonyl (C=O) groups is 2. The highest BCUT2D eigenvalue weighted by Crippen LogP contribution is 2.31. The summed E-state index contributed by atoms with van der Waals surface area (Å²) in [6, 6.07) is 14.1. The van der Waals surface area contributed by atoms with E-state index in [9.17, 15) is 9.59 Å². The van der Waals surface area contributed by atoms with Gasteiger partial charge in [-0.2, -0.15) is 0 Å². The van der Waals surface area contributed by atoms with E-state index in [2.05, 4.69) is 22.8 Å². The van der Waals surface area contributed by atoms with E-state index >= 15 is 0 Å². The standard InChI is InChI=1S/C30H34N6O2/c1-21-29(32-28-18-24(11-15-35(21)28)30(38)34-13-6-8-25(31)20-34)27-17-23-7-4-5-9-26(23)36(27)19-22(12-16-37)10-14-33(2)3/h4-5,7,9-12,14-18,25H,6,8,13,19-20,31H2,1-3H3/b14-10-,22-12+. The molecule has 8 heteroatoms. The Morgan fingerprint density at radius 2 is 2.03 bits per heavy atom. The molecule has 1 saturated heterocycles. The Morgan fingerprint density at radius 3 is 2.79 bits per heavy atom. The molecule has 1 aliphatic rings. The van der Waals surface area contributed by atoms with E-state index in [1.807, 2.05) is 78.0 Å². The van der Waals surface area contributed by atoms with Gasteiger partial charge in [-0.05, 0) is 68.0 Å². The van der Waals surface area contributed by atoms with Crippen LogP contribution in [0, 0.1) is 6.92 Å². The second kappa shape index (κ2) is 10.7. The molecule has 8 nitrogen and oxygen atoms in total. The van der Waals surface area contributed by atoms with Gasteiger partial charge in [0.15, 0.2) is 0 Å². The molecular weight excluding hydrogens is 476 g/mol. The quantitative estimate of drug-likeness (QED) is 0.230. The van der Waals surface area contributed by atoms with Crippen molar-refractivity contribution in [2.75, 3.05) is 27.2 Å². The Morgan fingerprint density at radius 1 is 1.21 bits per heavy atom. The number of aromatic nitrogens is 3. The number of benzene rings is 1. The topological polar surface area (TPSA) is 88.9 Å². The Labute approximate surface area is 222 Å². The fourth-order valence-electron chi connectivity index (χ4n) is 5.17. The maximum absolute atomic E-state index is 13.2. The van der Waals surface area contributed by atoms with Crippen LogP contribution in [0.4, 0.5) is 0 Å². The number of hydrogen-bond donors (Lipinski definition) is 1. The lowest BCUT2D eigenvalue weighted by Gasteiger charge is -2.30. The van der Waals surface area contributed by atoms with Crippen molar-refractivity contribution in [1.82, 2.24) is 23.8 Å². The van der Waals surface area contributed by atoms with Crippen molar-refractivity contribution in [2.24, 2.45) is 5.73 Å². The number of rotatable bonds is 7. The lowest BCUT2D eigenvalue weighted by Crippen LogP contribution is -2.45. The minimum Gasteiger partial charge on any atom is -0.383 e. The molecule has 1 fully saturated rings. The van der Waals surface area contributed by atoms with Crippen LogP contribution in [-0.2, 0) is 11.3 Å². The van der Waals surface area contributed by atoms with Gasteiger partial charge in [-0.3, -0.25) is 9.59 Å². The third-order valence-corrected chi connectivity index (χ3v) is 7.12. The number of piperidine rings is 1. The van der Waals surface area contributed by atoms with E-state index in [0.29, 0.717) is 18.7 Å². The molecule has 3 aromatic heterocycles. The molecule has 1 aromatic carbocycles. The van der Waals surface area contributed by atoms with Crippen molar-refractivity contribution < 1.29 is 9.59 Å². The van der Waals surface area contributed by atoms with Crippen molar-refractivity contribution in [3.63, 3.8) is 0 Å². The number of hydrogen-bond acceptors (Lipinski definition) is 5. The smallest absolute Gasteiger partial charge is 0.254 e. The minimum atomic E-state index is -0.00436. The molecule has 196 valence electrons. The number of nitrogens with two attached hydrogens (primary N) is 1. The first-order valence-corrected chi connectivity index (χ1v) is 13.0. The third-order valence-electron chi connectivity index (χ3n) is 7.12. The monoisotopic (exact) mass is 510 g/mol. The molecule has 0 bridgehead atoms. The predicted molar refractivity (Wildman–Crippen MR) is 151 cm³/mol. The van der Waals surface area contributed by atoms with Gasteiger partial charge >= 0.3 is 0 Å². The zero-order valence-corrected chi connectivity index (χ0v) is 22.2. The van der Waals surface area contributed by atoms with Gasteiger partial charge in [0.2, 0.25) is 0 Å². The number of allylic oxidation sites excluding steroid dienone is 3. The second-order valence-electron chi connectivity index (χ2n) is 10.2. The van der Waals surface area contributed by atoms with Crippen LogP contribution >= 0.6 is 0 Å². The normalized spacial score (nSPS) is 16.6. The molecule has 38 heavy (non-hydrogen) atoms. The lowest BCUT2D eigenvalue weighted by molar-refractivity contribution is -0.104. The fraction of sp³-hybridized carbons (Fsp3) is 0.300. The molecule has 1 unspecified atom stereocenters. The van der Waals surface area contributed by atoms with Gasteiger partial charge in [-0.25, -0.2) is 4.98 Å². The van der Waals surface area contributed by atoms with Crippen LogP contribution in [0.5, 0.6) is 0 Å². The summed E-state index contributed by atoms with van der Waals surface area (Å²) in [4.78, 5) is 33.4. The first-order chi connectivity index (χ1) is 18.4. The third kappa shape index (κ3) is 4.99. The number of likely N-dealkylation sites (tertiary alicyclic amines) is 1. The maximum Gasteiger partial charge on any atom is 0.254 e. The molecule has 0 radical (unpaired) electrons. The van der Waals surface area contributed by atoms with Crippen LogP contribution in [0.15, 0.2) is 72.6 Å². The molecule has 1 aliphatic heterocycles. The molecule has 0 aliphatic carbocycles. The Hall–Kier alpha value is -4.17. The van der Waals surface area contributed by atoms with Crippen molar-refractivity contribution in [1.29, 1.82) is 0 Å². The molecule has 1 atom stereocenters. The lowest BCUT2D eigenvalue weighted by atomic mass is 10.1. The summed E-state index contributed by atoms with van der Waals surface area (Å²) in [5.74, 6) is -0.00436. The van der Waals surface area contributed by atoms with Gasteiger partial charge in [0.25, 0.3) is 5.91 Å². The molecular formula is C30H34N6O2. The summed E-state index contributed by atoms with van der Waals surface area (Å²) in [6.45, 7) is 3.87. The number of amides is 1. The minimum absolute atomic E-state index is 0.00436. The molecule has 5 rings (SSSR count). The number of fused-ring (bicyclic) bond motifs is 2. The number of imidazole rings is 1. The predicted octanol–water partition coefficient (Wildman–Crippen LogP) is 4.03. The first kappa shape index (κ1) is 25.5. The highest BCUT2D eigenvalue weighted by atomic mass is 16.2. The second-order valence-corrected chi connectivity index (χ2v) is 10.2. The first-order valence-electron chi connectivity index (χ1n) is 13.0. The van der Waals surface area contributed by atoms with Crippen molar-refractivity contribution in [2.45, 2.75) is 32.4 Å². The van der Waals surface area contributed by atoms with Gasteiger partial charge in [0, 0.05) is 68.1 Å². The summed E-state index contributed by atoms with van der Waals surface area (Å²) in [5, 5.41) is 1.10. The molecule has 1 amide bonds. The SMILES string of the molecule is Cc1c(-c2cc3ccccc3n2CC(/C=C\N(C)C)=C/C=O)nc2cc(C(=O)N3CCCC(N)C3)ccn12. The zero-order chi connectivity index (χ0) is 26.8. The van der Waals surface area contributed by atoms with Gasteiger partial charge in [0.05, 0.1) is 5.69 Å². The van der Waals surface area contributed by atoms with Crippen molar-refractivity contribution >= 4 is 28.7 Å². The number of aryl methyl sites for hydroxylation is 1. The van der Waals surface area contributed by atoms with Crippen LogP contribution < -0.4 is 5.73 Å². The summed E-state index contributed by atoms with van der Waals surface area (Å²) in [7, 11) is 3.90. The molecule has 0 spiro atoms. The Kier molecular flexibility index (Phi) is 7.15. The van der Waals surface area contributed by atoms with E-state index in [1.54, 1.807) is 6.08 Å². The summed E-state index contributed by atoms with van der Waals surface area (Å²) in [6.07, 6.45) is 10.1. The Balaban J connectivity index is 1.57. The molecule has 2 N–H and O–H groups in total. The molecule has 4 heterocycles. The average molecular weight is 511 g/mol. The largest absolute Gasteiger partial charge is 0.383 e. The summed E-state index contributed by atoms with van der Waals surface area (Å²) in [5.41, 5.74) is 12.2.